The molecule has 0 saturated carbocycles. The molecule has 1 aromatic rings. The van der Waals surface area contributed by atoms with Crippen molar-refractivity contribution in [1.82, 2.24) is 4.90 Å². The van der Waals surface area contributed by atoms with Gasteiger partial charge in [-0.3, -0.25) is 4.79 Å². The van der Waals surface area contributed by atoms with Gasteiger partial charge in [0.25, 0.3) is 0 Å². The molecule has 1 aromatic carbocycles. The second-order valence-electron chi connectivity index (χ2n) is 4.54. The Balaban J connectivity index is 0.000000346. The number of nitrogens with zero attached hydrogens (tertiary/aromatic N) is 1. The van der Waals surface area contributed by atoms with E-state index in [0.29, 0.717) is 5.25 Å². The van der Waals surface area contributed by atoms with E-state index in [9.17, 15) is 4.79 Å². The maximum atomic E-state index is 11.8. The van der Waals surface area contributed by atoms with Crippen molar-refractivity contribution < 1.29 is 24.6 Å². The number of benzene rings is 1. The summed E-state index contributed by atoms with van der Waals surface area (Å²) < 4.78 is 0. The Labute approximate surface area is 133 Å². The molecule has 0 fully saturated rings. The second kappa shape index (κ2) is 8.55. The zero-order valence-corrected chi connectivity index (χ0v) is 13.2. The molecule has 1 atom stereocenters. The van der Waals surface area contributed by atoms with Crippen LogP contribution in [-0.4, -0.2) is 41.6 Å². The number of hydrogen-bond donors (Lipinski definition) is 0. The highest BCUT2D eigenvalue weighted by molar-refractivity contribution is 8.14. The molecular formula is C15H17NO5S-2. The second-order valence-corrected chi connectivity index (χ2v) is 5.72. The highest BCUT2D eigenvalue weighted by Crippen LogP contribution is 2.41. The standard InChI is InChI=1S/C13H17NOS.C2H2O4/c1-3-14(4-2)9-12-10-7-5-6-8-11(10)13(15)16-12;3-1(4)2(5)6/h5-8,12H,3-4,9H2,1-2H3;(H,3,4)(H,5,6)/p-2. The van der Waals surface area contributed by atoms with Crippen molar-refractivity contribution in [1.29, 1.82) is 0 Å². The molecule has 0 saturated heterocycles. The number of aliphatic carboxylic acids is 2. The van der Waals surface area contributed by atoms with Gasteiger partial charge in [-0.1, -0.05) is 49.9 Å². The quantitative estimate of drug-likeness (QED) is 0.685. The molecule has 1 unspecified atom stereocenters. The van der Waals surface area contributed by atoms with Crippen LogP contribution in [-0.2, 0) is 9.59 Å². The molecule has 0 N–H and O–H groups in total. The molecule has 0 aliphatic carbocycles. The van der Waals surface area contributed by atoms with Crippen LogP contribution < -0.4 is 10.2 Å². The first-order chi connectivity index (χ1) is 10.4. The van der Waals surface area contributed by atoms with Gasteiger partial charge in [0.1, 0.15) is 0 Å². The summed E-state index contributed by atoms with van der Waals surface area (Å²) in [6.45, 7) is 7.39. The SMILES string of the molecule is CCN(CC)CC1SC(=O)c2ccccc21.O=C([O-])C(=O)[O-]. The maximum Gasteiger partial charge on any atom is 0.220 e. The molecule has 0 aromatic heterocycles. The molecule has 6 nitrogen and oxygen atoms in total. The summed E-state index contributed by atoms with van der Waals surface area (Å²) in [7, 11) is 0. The van der Waals surface area contributed by atoms with Crippen LogP contribution >= 0.6 is 11.8 Å². The number of carboxylic acids is 2. The predicted molar refractivity (Wildman–Crippen MR) is 78.9 cm³/mol. The highest BCUT2D eigenvalue weighted by Gasteiger charge is 2.30. The third kappa shape index (κ3) is 4.85. The fourth-order valence-corrected chi connectivity index (χ4v) is 3.26. The summed E-state index contributed by atoms with van der Waals surface area (Å²) >= 11 is 1.47. The molecule has 1 aliphatic rings. The first kappa shape index (κ1) is 18.2. The number of fused-ring (bicyclic) bond motifs is 1. The number of hydrogen-bond acceptors (Lipinski definition) is 7. The van der Waals surface area contributed by atoms with E-state index in [2.05, 4.69) is 24.8 Å². The van der Waals surface area contributed by atoms with Crippen LogP contribution in [0.2, 0.25) is 0 Å². The zero-order chi connectivity index (χ0) is 16.7. The number of likely N-dealkylation sites (N-methyl/N-ethyl adjacent to an activating group) is 1. The predicted octanol–water partition coefficient (Wildman–Crippen LogP) is -0.557. The van der Waals surface area contributed by atoms with E-state index in [0.717, 1.165) is 25.2 Å². The Bertz CT molecular complexity index is 545. The molecule has 0 radical (unpaired) electrons. The van der Waals surface area contributed by atoms with Crippen molar-refractivity contribution in [3.05, 3.63) is 35.4 Å². The van der Waals surface area contributed by atoms with Crippen molar-refractivity contribution in [3.63, 3.8) is 0 Å². The molecule has 120 valence electrons. The van der Waals surface area contributed by atoms with Crippen LogP contribution in [0.1, 0.15) is 35.0 Å². The molecule has 2 rings (SSSR count). The molecule has 0 bridgehead atoms. The van der Waals surface area contributed by atoms with Crippen molar-refractivity contribution in [2.75, 3.05) is 19.6 Å². The summed E-state index contributed by atoms with van der Waals surface area (Å²) in [5.74, 6) is -4.37. The van der Waals surface area contributed by atoms with E-state index in [1.165, 1.54) is 17.3 Å². The van der Waals surface area contributed by atoms with E-state index in [-0.39, 0.29) is 5.12 Å². The van der Waals surface area contributed by atoms with E-state index in [1.54, 1.807) is 0 Å². The van der Waals surface area contributed by atoms with E-state index < -0.39 is 11.9 Å². The summed E-state index contributed by atoms with van der Waals surface area (Å²) in [6, 6.07) is 7.98. The summed E-state index contributed by atoms with van der Waals surface area (Å²) in [6.07, 6.45) is 0. The number of thioether (sulfide) groups is 1. The Morgan fingerprint density at radius 3 is 2.18 bits per heavy atom. The van der Waals surface area contributed by atoms with Gasteiger partial charge in [0.15, 0.2) is 0 Å². The van der Waals surface area contributed by atoms with Crippen molar-refractivity contribution >= 4 is 28.8 Å². The molecule has 1 heterocycles. The zero-order valence-electron chi connectivity index (χ0n) is 12.4. The summed E-state index contributed by atoms with van der Waals surface area (Å²) in [4.78, 5) is 32.0. The van der Waals surface area contributed by atoms with E-state index >= 15 is 0 Å². The van der Waals surface area contributed by atoms with Gasteiger partial charge in [0.2, 0.25) is 5.12 Å². The number of carboxylic acid groups (broad SMARTS) is 2. The maximum absolute atomic E-state index is 11.8. The average molecular weight is 323 g/mol. The topological polar surface area (TPSA) is 101 Å². The minimum absolute atomic E-state index is 0.229. The molecule has 0 amide bonds. The van der Waals surface area contributed by atoms with Gasteiger partial charge in [0, 0.05) is 12.1 Å². The Hall–Kier alpha value is -1.86. The molecule has 22 heavy (non-hydrogen) atoms. The molecule has 0 spiro atoms. The third-order valence-electron chi connectivity index (χ3n) is 3.26. The number of rotatable bonds is 4. The fraction of sp³-hybridized carbons (Fsp3) is 0.400. The first-order valence-corrected chi connectivity index (χ1v) is 7.73. The number of carbonyl (C=O) groups is 3. The van der Waals surface area contributed by atoms with E-state index in [4.69, 9.17) is 19.8 Å². The first-order valence-electron chi connectivity index (χ1n) is 6.85. The minimum atomic E-state index is -2.19. The lowest BCUT2D eigenvalue weighted by molar-refractivity contribution is -0.345. The average Bonchev–Trinajstić information content (AvgIpc) is 2.82. The monoisotopic (exact) mass is 323 g/mol. The van der Waals surface area contributed by atoms with E-state index in [1.807, 2.05) is 18.2 Å². The van der Waals surface area contributed by atoms with Gasteiger partial charge in [-0.05, 0) is 18.7 Å². The van der Waals surface area contributed by atoms with Crippen LogP contribution in [0.3, 0.4) is 0 Å². The lowest BCUT2D eigenvalue weighted by atomic mass is 10.1. The smallest absolute Gasteiger partial charge is 0.220 e. The normalized spacial score (nSPS) is 16.0. The number of carbonyl (C=O) groups excluding carboxylic acids is 3. The third-order valence-corrected chi connectivity index (χ3v) is 4.38. The van der Waals surface area contributed by atoms with Crippen LogP contribution in [0.15, 0.2) is 24.3 Å². The lowest BCUT2D eigenvalue weighted by Gasteiger charge is -2.21. The van der Waals surface area contributed by atoms with Crippen molar-refractivity contribution in [3.8, 4) is 0 Å². The minimum Gasteiger partial charge on any atom is -0.543 e. The van der Waals surface area contributed by atoms with Crippen LogP contribution in [0.5, 0.6) is 0 Å². The van der Waals surface area contributed by atoms with Gasteiger partial charge in [0.05, 0.1) is 17.2 Å². The summed E-state index contributed by atoms with van der Waals surface area (Å²) in [5.41, 5.74) is 2.12. The van der Waals surface area contributed by atoms with Crippen molar-refractivity contribution in [2.45, 2.75) is 19.1 Å². The fourth-order valence-electron chi connectivity index (χ4n) is 2.07. The Kier molecular flexibility index (Phi) is 7.07. The van der Waals surface area contributed by atoms with Crippen LogP contribution in [0, 0.1) is 0 Å². The highest BCUT2D eigenvalue weighted by atomic mass is 32.2. The van der Waals surface area contributed by atoms with Gasteiger partial charge in [-0.15, -0.1) is 0 Å². The Morgan fingerprint density at radius 2 is 1.68 bits per heavy atom. The van der Waals surface area contributed by atoms with Crippen LogP contribution in [0.25, 0.3) is 0 Å². The van der Waals surface area contributed by atoms with Gasteiger partial charge >= 0.3 is 0 Å². The molecule has 1 aliphatic heterocycles. The van der Waals surface area contributed by atoms with Gasteiger partial charge in [-0.2, -0.15) is 0 Å². The Morgan fingerprint density at radius 1 is 1.14 bits per heavy atom. The van der Waals surface area contributed by atoms with Gasteiger partial charge < -0.3 is 24.7 Å². The summed E-state index contributed by atoms with van der Waals surface area (Å²) in [5, 5.41) is 18.4. The van der Waals surface area contributed by atoms with Crippen LogP contribution in [0.4, 0.5) is 0 Å². The van der Waals surface area contributed by atoms with Crippen molar-refractivity contribution in [2.24, 2.45) is 0 Å². The molecular weight excluding hydrogens is 306 g/mol. The molecule has 7 heteroatoms. The lowest BCUT2D eigenvalue weighted by Crippen LogP contribution is -2.42. The largest absolute Gasteiger partial charge is 0.543 e. The van der Waals surface area contributed by atoms with Gasteiger partial charge in [-0.25, -0.2) is 0 Å².